The summed E-state index contributed by atoms with van der Waals surface area (Å²) in [5, 5.41) is 15.9. The van der Waals surface area contributed by atoms with E-state index in [-0.39, 0.29) is 12.1 Å². The molecule has 0 aliphatic carbocycles. The Bertz CT molecular complexity index is 907. The first-order chi connectivity index (χ1) is 13.7. The highest BCUT2D eigenvalue weighted by Crippen LogP contribution is 2.19. The van der Waals surface area contributed by atoms with Gasteiger partial charge in [-0.15, -0.1) is 10.2 Å². The predicted octanol–water partition coefficient (Wildman–Crippen LogP) is 3.39. The summed E-state index contributed by atoms with van der Waals surface area (Å²) >= 11 is 5.86. The van der Waals surface area contributed by atoms with Gasteiger partial charge in [0.25, 0.3) is 0 Å². The Morgan fingerprint density at radius 3 is 2.54 bits per heavy atom. The highest BCUT2D eigenvalue weighted by molar-refractivity contribution is 6.30. The average Bonchev–Trinajstić information content (AvgIpc) is 3.26. The van der Waals surface area contributed by atoms with E-state index in [2.05, 4.69) is 20.6 Å². The van der Waals surface area contributed by atoms with Gasteiger partial charge in [-0.2, -0.15) is 5.10 Å². The fourth-order valence-corrected chi connectivity index (χ4v) is 3.11. The van der Waals surface area contributed by atoms with Gasteiger partial charge in [-0.05, 0) is 36.4 Å². The number of likely N-dealkylation sites (tertiary alicyclic amines) is 1. The maximum absolute atomic E-state index is 12.4. The van der Waals surface area contributed by atoms with Crippen molar-refractivity contribution in [3.63, 3.8) is 0 Å². The topological polar surface area (TPSA) is 85.2 Å². The van der Waals surface area contributed by atoms with E-state index in [4.69, 9.17) is 16.3 Å². The summed E-state index contributed by atoms with van der Waals surface area (Å²) in [7, 11) is 0. The molecule has 8 nitrogen and oxygen atoms in total. The predicted molar refractivity (Wildman–Crippen MR) is 105 cm³/mol. The molecule has 2 aromatic heterocycles. The first kappa shape index (κ1) is 18.2. The van der Waals surface area contributed by atoms with Crippen molar-refractivity contribution in [1.82, 2.24) is 24.9 Å². The van der Waals surface area contributed by atoms with Gasteiger partial charge in [0.05, 0.1) is 0 Å². The number of hydrogen-bond donors (Lipinski definition) is 1. The van der Waals surface area contributed by atoms with E-state index in [1.165, 1.54) is 0 Å². The Hall–Kier alpha value is -3.13. The minimum absolute atomic E-state index is 0.00411. The number of aromatic nitrogens is 4. The fraction of sp³-hybridized carbons (Fsp3) is 0.263. The number of anilines is 1. The maximum Gasteiger partial charge on any atom is 0.321 e. The number of amides is 2. The van der Waals surface area contributed by atoms with E-state index in [0.29, 0.717) is 29.8 Å². The molecule has 0 unspecified atom stereocenters. The standard InChI is InChI=1S/C19H19ClN6O2/c20-14-2-4-15(5-3-14)22-19(27)25-12-8-16(9-13-25)28-18-7-6-17(23-24-18)26-11-1-10-21-26/h1-7,10-11,16H,8-9,12-13H2,(H,22,27). The normalized spacial score (nSPS) is 14.7. The highest BCUT2D eigenvalue weighted by atomic mass is 35.5. The molecule has 1 aliphatic rings. The van der Waals surface area contributed by atoms with Crippen molar-refractivity contribution in [2.45, 2.75) is 18.9 Å². The largest absolute Gasteiger partial charge is 0.473 e. The lowest BCUT2D eigenvalue weighted by Gasteiger charge is -2.31. The van der Waals surface area contributed by atoms with Crippen molar-refractivity contribution in [3.05, 3.63) is 59.9 Å². The summed E-state index contributed by atoms with van der Waals surface area (Å²) in [6.07, 6.45) is 4.95. The number of nitrogens with one attached hydrogen (secondary N) is 1. The van der Waals surface area contributed by atoms with Crippen LogP contribution in [0, 0.1) is 0 Å². The van der Waals surface area contributed by atoms with Crippen LogP contribution < -0.4 is 10.1 Å². The first-order valence-corrected chi connectivity index (χ1v) is 9.37. The highest BCUT2D eigenvalue weighted by Gasteiger charge is 2.24. The molecule has 0 radical (unpaired) electrons. The summed E-state index contributed by atoms with van der Waals surface area (Å²) in [5.41, 5.74) is 0.723. The van der Waals surface area contributed by atoms with Crippen LogP contribution in [-0.2, 0) is 0 Å². The van der Waals surface area contributed by atoms with Crippen molar-refractivity contribution in [3.8, 4) is 11.7 Å². The second kappa shape index (κ2) is 8.26. The minimum Gasteiger partial charge on any atom is -0.473 e. The van der Waals surface area contributed by atoms with Crippen molar-refractivity contribution < 1.29 is 9.53 Å². The number of carbonyl (C=O) groups excluding carboxylic acids is 1. The zero-order chi connectivity index (χ0) is 19.3. The first-order valence-electron chi connectivity index (χ1n) is 8.99. The SMILES string of the molecule is O=C(Nc1ccc(Cl)cc1)N1CCC(Oc2ccc(-n3cccn3)nn2)CC1. The van der Waals surface area contributed by atoms with E-state index >= 15 is 0 Å². The molecular formula is C19H19ClN6O2. The molecule has 2 amide bonds. The quantitative estimate of drug-likeness (QED) is 0.728. The van der Waals surface area contributed by atoms with E-state index in [1.54, 1.807) is 52.3 Å². The van der Waals surface area contributed by atoms with Crippen LogP contribution in [0.4, 0.5) is 10.5 Å². The van der Waals surface area contributed by atoms with Crippen LogP contribution >= 0.6 is 11.6 Å². The van der Waals surface area contributed by atoms with Crippen molar-refractivity contribution in [2.24, 2.45) is 0 Å². The molecule has 3 aromatic rings. The number of nitrogens with zero attached hydrogens (tertiary/aromatic N) is 5. The number of halogens is 1. The molecule has 0 bridgehead atoms. The van der Waals surface area contributed by atoms with Crippen molar-refractivity contribution in [2.75, 3.05) is 18.4 Å². The Balaban J connectivity index is 1.27. The fourth-order valence-electron chi connectivity index (χ4n) is 2.99. The van der Waals surface area contributed by atoms with Gasteiger partial charge in [0.1, 0.15) is 6.10 Å². The lowest BCUT2D eigenvalue weighted by molar-refractivity contribution is 0.110. The smallest absolute Gasteiger partial charge is 0.321 e. The summed E-state index contributed by atoms with van der Waals surface area (Å²) in [4.78, 5) is 14.2. The second-order valence-corrected chi connectivity index (χ2v) is 6.86. The van der Waals surface area contributed by atoms with Crippen LogP contribution in [0.2, 0.25) is 5.02 Å². The van der Waals surface area contributed by atoms with E-state index in [9.17, 15) is 4.79 Å². The van der Waals surface area contributed by atoms with Gasteiger partial charge in [0.15, 0.2) is 5.82 Å². The number of ether oxygens (including phenoxy) is 1. The van der Waals surface area contributed by atoms with E-state index in [1.807, 2.05) is 12.1 Å². The molecule has 9 heteroatoms. The maximum atomic E-state index is 12.4. The monoisotopic (exact) mass is 398 g/mol. The van der Waals surface area contributed by atoms with Crippen LogP contribution in [0.1, 0.15) is 12.8 Å². The third-order valence-electron chi connectivity index (χ3n) is 4.48. The molecule has 0 spiro atoms. The zero-order valence-corrected chi connectivity index (χ0v) is 15.8. The number of piperidine rings is 1. The minimum atomic E-state index is -0.121. The van der Waals surface area contributed by atoms with Gasteiger partial charge < -0.3 is 15.0 Å². The average molecular weight is 399 g/mol. The molecule has 0 saturated carbocycles. The summed E-state index contributed by atoms with van der Waals surface area (Å²) in [5.74, 6) is 1.10. The molecule has 1 aliphatic heterocycles. The lowest BCUT2D eigenvalue weighted by atomic mass is 10.1. The zero-order valence-electron chi connectivity index (χ0n) is 15.0. The third kappa shape index (κ3) is 4.40. The second-order valence-electron chi connectivity index (χ2n) is 6.42. The van der Waals surface area contributed by atoms with Crippen LogP contribution in [0.25, 0.3) is 5.82 Å². The molecule has 3 heterocycles. The number of rotatable bonds is 4. The summed E-state index contributed by atoms with van der Waals surface area (Å²) in [6.45, 7) is 1.23. The molecular weight excluding hydrogens is 380 g/mol. The Labute approximate surface area is 167 Å². The van der Waals surface area contributed by atoms with E-state index in [0.717, 1.165) is 18.5 Å². The summed E-state index contributed by atoms with van der Waals surface area (Å²) in [6, 6.07) is 12.3. The Morgan fingerprint density at radius 2 is 1.89 bits per heavy atom. The molecule has 4 rings (SSSR count). The lowest BCUT2D eigenvalue weighted by Crippen LogP contribution is -2.43. The van der Waals surface area contributed by atoms with Gasteiger partial charge in [-0.1, -0.05) is 11.6 Å². The Morgan fingerprint density at radius 1 is 1.11 bits per heavy atom. The van der Waals surface area contributed by atoms with Gasteiger partial charge in [0, 0.05) is 55.1 Å². The van der Waals surface area contributed by atoms with Crippen LogP contribution in [-0.4, -0.2) is 50.1 Å². The number of hydrogen-bond acceptors (Lipinski definition) is 5. The van der Waals surface area contributed by atoms with Gasteiger partial charge in [-0.25, -0.2) is 9.48 Å². The molecule has 28 heavy (non-hydrogen) atoms. The van der Waals surface area contributed by atoms with Gasteiger partial charge in [-0.3, -0.25) is 0 Å². The number of benzene rings is 1. The van der Waals surface area contributed by atoms with E-state index < -0.39 is 0 Å². The van der Waals surface area contributed by atoms with Crippen molar-refractivity contribution >= 4 is 23.3 Å². The van der Waals surface area contributed by atoms with Gasteiger partial charge >= 0.3 is 6.03 Å². The number of carbonyl (C=O) groups is 1. The molecule has 1 aromatic carbocycles. The molecule has 144 valence electrons. The number of urea groups is 1. The Kier molecular flexibility index (Phi) is 5.38. The van der Waals surface area contributed by atoms with Crippen LogP contribution in [0.15, 0.2) is 54.9 Å². The summed E-state index contributed by atoms with van der Waals surface area (Å²) < 4.78 is 7.54. The molecule has 1 N–H and O–H groups in total. The molecule has 1 fully saturated rings. The van der Waals surface area contributed by atoms with Crippen LogP contribution in [0.5, 0.6) is 5.88 Å². The van der Waals surface area contributed by atoms with Gasteiger partial charge in [0.2, 0.25) is 5.88 Å². The van der Waals surface area contributed by atoms with Crippen molar-refractivity contribution in [1.29, 1.82) is 0 Å². The molecule has 0 atom stereocenters. The van der Waals surface area contributed by atoms with Crippen LogP contribution in [0.3, 0.4) is 0 Å². The molecule has 1 saturated heterocycles. The third-order valence-corrected chi connectivity index (χ3v) is 4.73.